The molecule has 0 saturated heterocycles. The zero-order chi connectivity index (χ0) is 24.2. The number of nitrogens with one attached hydrogen (secondary N) is 2. The Labute approximate surface area is 198 Å². The van der Waals surface area contributed by atoms with Crippen LogP contribution in [-0.2, 0) is 21.1 Å². The summed E-state index contributed by atoms with van der Waals surface area (Å²) in [7, 11) is -3.41. The van der Waals surface area contributed by atoms with Crippen LogP contribution in [0.15, 0.2) is 65.6 Å². The molecule has 0 spiro atoms. The van der Waals surface area contributed by atoms with E-state index in [2.05, 4.69) is 10.6 Å². The van der Waals surface area contributed by atoms with Crippen molar-refractivity contribution in [3.63, 3.8) is 0 Å². The number of hydrogen-bond donors (Lipinski definition) is 2. The van der Waals surface area contributed by atoms with Crippen molar-refractivity contribution in [1.29, 1.82) is 0 Å². The number of benzene rings is 3. The van der Waals surface area contributed by atoms with Crippen LogP contribution >= 0.6 is 11.6 Å². The van der Waals surface area contributed by atoms with Crippen molar-refractivity contribution in [1.82, 2.24) is 0 Å². The van der Waals surface area contributed by atoms with Crippen molar-refractivity contribution in [2.75, 3.05) is 16.9 Å². The van der Waals surface area contributed by atoms with Gasteiger partial charge in [-0.05, 0) is 79.4 Å². The van der Waals surface area contributed by atoms with Crippen molar-refractivity contribution in [3.05, 3.63) is 87.9 Å². The monoisotopic (exact) mass is 484 g/mol. The molecule has 0 aliphatic heterocycles. The zero-order valence-corrected chi connectivity index (χ0v) is 20.2. The lowest BCUT2D eigenvalue weighted by Crippen LogP contribution is -2.15. The first-order valence-electron chi connectivity index (χ1n) is 10.3. The van der Waals surface area contributed by atoms with E-state index in [1.807, 2.05) is 32.0 Å². The number of sulfone groups is 1. The molecule has 172 valence electrons. The van der Waals surface area contributed by atoms with Gasteiger partial charge in [0.15, 0.2) is 9.84 Å². The molecule has 8 heteroatoms. The van der Waals surface area contributed by atoms with Gasteiger partial charge in [-0.25, -0.2) is 8.42 Å². The van der Waals surface area contributed by atoms with Crippen LogP contribution in [0.25, 0.3) is 0 Å². The molecular formula is C25H25ClN2O4S. The molecule has 3 aromatic carbocycles. The average Bonchev–Trinajstić information content (AvgIpc) is 2.76. The summed E-state index contributed by atoms with van der Waals surface area (Å²) in [6, 6.07) is 16.8. The highest BCUT2D eigenvalue weighted by Gasteiger charge is 2.13. The van der Waals surface area contributed by atoms with Gasteiger partial charge >= 0.3 is 0 Å². The molecule has 3 aromatic rings. The minimum atomic E-state index is -3.41. The van der Waals surface area contributed by atoms with Crippen molar-refractivity contribution in [3.8, 4) is 0 Å². The molecule has 0 atom stereocenters. The summed E-state index contributed by atoms with van der Waals surface area (Å²) in [6.45, 7) is 3.74. The van der Waals surface area contributed by atoms with Crippen molar-refractivity contribution in [2.45, 2.75) is 31.6 Å². The lowest BCUT2D eigenvalue weighted by atomic mass is 10.1. The Kier molecular flexibility index (Phi) is 7.56. The molecule has 2 N–H and O–H groups in total. The third-order valence-corrected chi connectivity index (χ3v) is 6.68. The van der Waals surface area contributed by atoms with Crippen molar-refractivity contribution < 1.29 is 18.0 Å². The summed E-state index contributed by atoms with van der Waals surface area (Å²) >= 11 is 6.14. The molecule has 0 aliphatic rings. The van der Waals surface area contributed by atoms with Gasteiger partial charge in [0.1, 0.15) is 0 Å². The molecule has 6 nitrogen and oxygen atoms in total. The second kappa shape index (κ2) is 10.2. The van der Waals surface area contributed by atoms with Gasteiger partial charge in [-0.1, -0.05) is 29.8 Å². The highest BCUT2D eigenvalue weighted by Crippen LogP contribution is 2.22. The van der Waals surface area contributed by atoms with Crippen LogP contribution in [0.2, 0.25) is 5.02 Å². The van der Waals surface area contributed by atoms with E-state index in [-0.39, 0.29) is 16.4 Å². The summed E-state index contributed by atoms with van der Waals surface area (Å²) in [5, 5.41) is 6.33. The van der Waals surface area contributed by atoms with Crippen LogP contribution in [-0.4, -0.2) is 26.5 Å². The van der Waals surface area contributed by atoms with E-state index in [0.29, 0.717) is 29.2 Å². The second-order valence-electron chi connectivity index (χ2n) is 7.92. The number of rotatable bonds is 7. The van der Waals surface area contributed by atoms with E-state index in [0.717, 1.165) is 22.9 Å². The van der Waals surface area contributed by atoms with Crippen LogP contribution in [0.3, 0.4) is 0 Å². The van der Waals surface area contributed by atoms with E-state index in [1.165, 1.54) is 18.2 Å². The number of aryl methyl sites for hydroxylation is 3. The Morgan fingerprint density at radius 1 is 0.909 bits per heavy atom. The molecule has 0 aliphatic carbocycles. The zero-order valence-electron chi connectivity index (χ0n) is 18.6. The van der Waals surface area contributed by atoms with Gasteiger partial charge in [0.05, 0.1) is 4.90 Å². The first kappa shape index (κ1) is 24.5. The van der Waals surface area contributed by atoms with Crippen molar-refractivity contribution >= 4 is 44.6 Å². The van der Waals surface area contributed by atoms with Crippen molar-refractivity contribution in [2.24, 2.45) is 0 Å². The summed E-state index contributed by atoms with van der Waals surface area (Å²) in [4.78, 5) is 25.0. The van der Waals surface area contributed by atoms with E-state index >= 15 is 0 Å². The fourth-order valence-electron chi connectivity index (χ4n) is 3.22. The van der Waals surface area contributed by atoms with Crippen LogP contribution in [0.5, 0.6) is 0 Å². The van der Waals surface area contributed by atoms with Crippen LogP contribution in [0, 0.1) is 13.8 Å². The predicted molar refractivity (Wildman–Crippen MR) is 132 cm³/mol. The third kappa shape index (κ3) is 6.66. The average molecular weight is 485 g/mol. The summed E-state index contributed by atoms with van der Waals surface area (Å²) in [5.74, 6) is -0.544. The molecule has 0 radical (unpaired) electrons. The highest BCUT2D eigenvalue weighted by atomic mass is 35.5. The SMILES string of the molecule is Cc1ccc(CCC(=O)Nc2ccc(NC(=O)c3cccc(S(C)(=O)=O)c3)c(C)c2)cc1Cl. The van der Waals surface area contributed by atoms with Gasteiger partial charge in [-0.2, -0.15) is 0 Å². The summed E-state index contributed by atoms with van der Waals surface area (Å²) < 4.78 is 23.5. The number of carbonyl (C=O) groups is 2. The summed E-state index contributed by atoms with van der Waals surface area (Å²) in [6.07, 6.45) is 1.98. The lowest BCUT2D eigenvalue weighted by Gasteiger charge is -2.12. The smallest absolute Gasteiger partial charge is 0.255 e. The predicted octanol–water partition coefficient (Wildman–Crippen LogP) is 5.18. The number of hydrogen-bond acceptors (Lipinski definition) is 4. The summed E-state index contributed by atoms with van der Waals surface area (Å²) in [5.41, 5.74) is 4.18. The normalized spacial score (nSPS) is 11.2. The second-order valence-corrected chi connectivity index (χ2v) is 10.3. The maximum Gasteiger partial charge on any atom is 0.255 e. The third-order valence-electron chi connectivity index (χ3n) is 5.16. The van der Waals surface area contributed by atoms with Gasteiger partial charge < -0.3 is 10.6 Å². The van der Waals surface area contributed by atoms with E-state index in [9.17, 15) is 18.0 Å². The first-order chi connectivity index (χ1) is 15.5. The molecule has 2 amide bonds. The number of anilines is 2. The fourth-order valence-corrected chi connectivity index (χ4v) is 4.09. The molecule has 0 heterocycles. The minimum Gasteiger partial charge on any atom is -0.326 e. The minimum absolute atomic E-state index is 0.0813. The number of carbonyl (C=O) groups excluding carboxylic acids is 2. The van der Waals surface area contributed by atoms with Gasteiger partial charge in [0, 0.05) is 34.6 Å². The van der Waals surface area contributed by atoms with Crippen LogP contribution in [0.1, 0.15) is 33.5 Å². The Balaban J connectivity index is 1.62. The fraction of sp³-hybridized carbons (Fsp3) is 0.200. The Hall–Kier alpha value is -3.16. The standard InChI is InChI=1S/C25H25ClN2O4S/c1-16-7-8-18(14-22(16)26)9-12-24(29)27-20-10-11-23(17(2)13-20)28-25(30)19-5-4-6-21(15-19)33(3,31)32/h4-8,10-11,13-15H,9,12H2,1-3H3,(H,27,29)(H,28,30). The molecule has 0 aromatic heterocycles. The topological polar surface area (TPSA) is 92.3 Å². The van der Waals surface area contributed by atoms with Gasteiger partial charge in [0.25, 0.3) is 5.91 Å². The molecule has 3 rings (SSSR count). The molecule has 0 bridgehead atoms. The first-order valence-corrected chi connectivity index (χ1v) is 12.6. The highest BCUT2D eigenvalue weighted by molar-refractivity contribution is 7.90. The molecular weight excluding hydrogens is 460 g/mol. The maximum absolute atomic E-state index is 12.6. The van der Waals surface area contributed by atoms with Gasteiger partial charge in [-0.3, -0.25) is 9.59 Å². The quantitative estimate of drug-likeness (QED) is 0.483. The Morgan fingerprint density at radius 2 is 1.67 bits per heavy atom. The van der Waals surface area contributed by atoms with E-state index in [4.69, 9.17) is 11.6 Å². The molecule has 0 unspecified atom stereocenters. The number of halogens is 1. The Morgan fingerprint density at radius 3 is 2.33 bits per heavy atom. The molecule has 33 heavy (non-hydrogen) atoms. The van der Waals surface area contributed by atoms with E-state index in [1.54, 1.807) is 24.3 Å². The molecule has 0 saturated carbocycles. The van der Waals surface area contributed by atoms with Crippen LogP contribution in [0.4, 0.5) is 11.4 Å². The molecule has 0 fully saturated rings. The van der Waals surface area contributed by atoms with Gasteiger partial charge in [-0.15, -0.1) is 0 Å². The maximum atomic E-state index is 12.6. The Bertz CT molecular complexity index is 1320. The van der Waals surface area contributed by atoms with Gasteiger partial charge in [0.2, 0.25) is 5.91 Å². The number of amides is 2. The van der Waals surface area contributed by atoms with E-state index < -0.39 is 15.7 Å². The largest absolute Gasteiger partial charge is 0.326 e. The lowest BCUT2D eigenvalue weighted by molar-refractivity contribution is -0.116. The van der Waals surface area contributed by atoms with Crippen LogP contribution < -0.4 is 10.6 Å².